The molecule has 1 aliphatic rings. The topological polar surface area (TPSA) is 35.5 Å². The van der Waals surface area contributed by atoms with Crippen LogP contribution in [0.2, 0.25) is 0 Å². The molecule has 1 fully saturated rings. The second kappa shape index (κ2) is 6.43. The van der Waals surface area contributed by atoms with E-state index in [4.69, 9.17) is 9.47 Å². The fourth-order valence-electron chi connectivity index (χ4n) is 2.18. The van der Waals surface area contributed by atoms with E-state index >= 15 is 0 Å². The first-order valence-corrected chi connectivity index (χ1v) is 6.63. The van der Waals surface area contributed by atoms with E-state index in [-0.39, 0.29) is 18.7 Å². The number of hydrogen-bond donors (Lipinski definition) is 0. The van der Waals surface area contributed by atoms with Crippen molar-refractivity contribution in [2.45, 2.75) is 45.1 Å². The Balaban J connectivity index is 1.72. The lowest BCUT2D eigenvalue weighted by atomic mass is 9.98. The van der Waals surface area contributed by atoms with E-state index in [1.165, 1.54) is 12.0 Å². The molecule has 0 atom stereocenters. The van der Waals surface area contributed by atoms with Crippen molar-refractivity contribution < 1.29 is 14.3 Å². The van der Waals surface area contributed by atoms with Crippen LogP contribution in [0.15, 0.2) is 24.3 Å². The number of esters is 1. The molecule has 1 aliphatic carbocycles. The summed E-state index contributed by atoms with van der Waals surface area (Å²) in [6.07, 6.45) is 5.68. The van der Waals surface area contributed by atoms with Gasteiger partial charge in [0.2, 0.25) is 0 Å². The molecule has 2 rings (SSSR count). The minimum Gasteiger partial charge on any atom is -0.482 e. The highest BCUT2D eigenvalue weighted by atomic mass is 16.6. The zero-order valence-corrected chi connectivity index (χ0v) is 10.9. The molecule has 0 aromatic heterocycles. The van der Waals surface area contributed by atoms with Gasteiger partial charge >= 0.3 is 5.97 Å². The Kier molecular flexibility index (Phi) is 4.62. The average Bonchev–Trinajstić information content (AvgIpc) is 2.39. The highest BCUT2D eigenvalue weighted by molar-refractivity contribution is 5.71. The molecule has 0 saturated heterocycles. The fourth-order valence-corrected chi connectivity index (χ4v) is 2.18. The molecule has 0 spiro atoms. The third kappa shape index (κ3) is 4.06. The van der Waals surface area contributed by atoms with E-state index in [1.54, 1.807) is 0 Å². The first-order chi connectivity index (χ1) is 8.74. The van der Waals surface area contributed by atoms with E-state index in [0.29, 0.717) is 5.75 Å². The van der Waals surface area contributed by atoms with Crippen LogP contribution in [0.1, 0.15) is 37.7 Å². The van der Waals surface area contributed by atoms with Gasteiger partial charge in [-0.2, -0.15) is 0 Å². The summed E-state index contributed by atoms with van der Waals surface area (Å²) < 4.78 is 10.8. The van der Waals surface area contributed by atoms with Crippen molar-refractivity contribution in [2.24, 2.45) is 0 Å². The molecule has 1 aromatic carbocycles. The molecule has 0 aliphatic heterocycles. The highest BCUT2D eigenvalue weighted by Gasteiger charge is 2.17. The van der Waals surface area contributed by atoms with Crippen LogP contribution in [0.3, 0.4) is 0 Å². The van der Waals surface area contributed by atoms with Gasteiger partial charge < -0.3 is 9.47 Å². The van der Waals surface area contributed by atoms with E-state index < -0.39 is 0 Å². The van der Waals surface area contributed by atoms with Crippen LogP contribution in [0.4, 0.5) is 0 Å². The lowest BCUT2D eigenvalue weighted by Crippen LogP contribution is -2.24. The Hall–Kier alpha value is -1.51. The molecule has 18 heavy (non-hydrogen) atoms. The normalized spacial score (nSPS) is 16.3. The number of carbonyl (C=O) groups is 1. The van der Waals surface area contributed by atoms with Gasteiger partial charge in [0.25, 0.3) is 0 Å². The number of hydrogen-bond acceptors (Lipinski definition) is 3. The van der Waals surface area contributed by atoms with Crippen LogP contribution in [0, 0.1) is 6.92 Å². The van der Waals surface area contributed by atoms with Crippen LogP contribution in [0.5, 0.6) is 5.75 Å². The Bertz CT molecular complexity index is 377. The van der Waals surface area contributed by atoms with Gasteiger partial charge in [-0.3, -0.25) is 0 Å². The molecular weight excluding hydrogens is 228 g/mol. The van der Waals surface area contributed by atoms with Crippen molar-refractivity contribution in [3.63, 3.8) is 0 Å². The van der Waals surface area contributed by atoms with Gasteiger partial charge in [0.1, 0.15) is 11.9 Å². The molecule has 0 radical (unpaired) electrons. The average molecular weight is 248 g/mol. The van der Waals surface area contributed by atoms with Crippen LogP contribution in [0.25, 0.3) is 0 Å². The lowest BCUT2D eigenvalue weighted by molar-refractivity contribution is -0.152. The van der Waals surface area contributed by atoms with Gasteiger partial charge in [0, 0.05) is 0 Å². The third-order valence-corrected chi connectivity index (χ3v) is 3.23. The van der Waals surface area contributed by atoms with Gasteiger partial charge in [0.05, 0.1) is 0 Å². The summed E-state index contributed by atoms with van der Waals surface area (Å²) >= 11 is 0. The maximum absolute atomic E-state index is 11.6. The van der Waals surface area contributed by atoms with E-state index in [9.17, 15) is 4.79 Å². The molecule has 3 heteroatoms. The summed E-state index contributed by atoms with van der Waals surface area (Å²) in [5.74, 6) is 0.448. The van der Waals surface area contributed by atoms with Crippen molar-refractivity contribution >= 4 is 5.97 Å². The number of ether oxygens (including phenoxy) is 2. The standard InChI is InChI=1S/C15H20O3/c1-12-7-9-13(10-8-12)17-11-15(16)18-14-5-3-2-4-6-14/h7-10,14H,2-6,11H2,1H3. The van der Waals surface area contributed by atoms with Crippen molar-refractivity contribution in [1.29, 1.82) is 0 Å². The van der Waals surface area contributed by atoms with Gasteiger partial charge in [-0.15, -0.1) is 0 Å². The first-order valence-electron chi connectivity index (χ1n) is 6.63. The molecule has 0 unspecified atom stereocenters. The molecule has 0 N–H and O–H groups in total. The van der Waals surface area contributed by atoms with Gasteiger partial charge in [-0.1, -0.05) is 24.1 Å². The quantitative estimate of drug-likeness (QED) is 0.767. The Morgan fingerprint density at radius 1 is 1.17 bits per heavy atom. The third-order valence-electron chi connectivity index (χ3n) is 3.23. The van der Waals surface area contributed by atoms with Crippen molar-refractivity contribution in [1.82, 2.24) is 0 Å². The van der Waals surface area contributed by atoms with Crippen molar-refractivity contribution in [3.8, 4) is 5.75 Å². The summed E-state index contributed by atoms with van der Waals surface area (Å²) in [4.78, 5) is 11.6. The van der Waals surface area contributed by atoms with Crippen LogP contribution < -0.4 is 4.74 Å². The minimum absolute atomic E-state index is 0.000436. The Morgan fingerprint density at radius 3 is 2.50 bits per heavy atom. The monoisotopic (exact) mass is 248 g/mol. The molecule has 3 nitrogen and oxygen atoms in total. The number of aryl methyl sites for hydroxylation is 1. The predicted molar refractivity (Wildman–Crippen MR) is 69.6 cm³/mol. The molecule has 0 heterocycles. The van der Waals surface area contributed by atoms with Crippen molar-refractivity contribution in [2.75, 3.05) is 6.61 Å². The molecular formula is C15H20O3. The zero-order chi connectivity index (χ0) is 12.8. The molecule has 0 amide bonds. The van der Waals surface area contributed by atoms with Crippen LogP contribution in [-0.2, 0) is 9.53 Å². The number of carbonyl (C=O) groups excluding carboxylic acids is 1. The van der Waals surface area contributed by atoms with Crippen molar-refractivity contribution in [3.05, 3.63) is 29.8 Å². The molecule has 0 bridgehead atoms. The Labute approximate surface area is 108 Å². The van der Waals surface area contributed by atoms with Crippen LogP contribution >= 0.6 is 0 Å². The summed E-state index contributed by atoms with van der Waals surface area (Å²) in [6.45, 7) is 2.01. The van der Waals surface area contributed by atoms with E-state index in [2.05, 4.69) is 0 Å². The summed E-state index contributed by atoms with van der Waals surface area (Å²) in [5, 5.41) is 0. The first kappa shape index (κ1) is 12.9. The Morgan fingerprint density at radius 2 is 1.83 bits per heavy atom. The summed E-state index contributed by atoms with van der Waals surface area (Å²) in [7, 11) is 0. The van der Waals surface area contributed by atoms with Gasteiger partial charge in [-0.25, -0.2) is 4.79 Å². The molecule has 98 valence electrons. The van der Waals surface area contributed by atoms with E-state index in [1.807, 2.05) is 31.2 Å². The van der Waals surface area contributed by atoms with Crippen LogP contribution in [-0.4, -0.2) is 18.7 Å². The SMILES string of the molecule is Cc1ccc(OCC(=O)OC2CCCCC2)cc1. The number of benzene rings is 1. The van der Waals surface area contributed by atoms with Gasteiger partial charge in [-0.05, 0) is 44.7 Å². The van der Waals surface area contributed by atoms with E-state index in [0.717, 1.165) is 25.7 Å². The smallest absolute Gasteiger partial charge is 0.344 e. The minimum atomic E-state index is -0.262. The zero-order valence-electron chi connectivity index (χ0n) is 10.9. The predicted octanol–water partition coefficient (Wildman–Crippen LogP) is 3.25. The summed E-state index contributed by atoms with van der Waals surface area (Å²) in [5.41, 5.74) is 1.17. The highest BCUT2D eigenvalue weighted by Crippen LogP contribution is 2.20. The largest absolute Gasteiger partial charge is 0.482 e. The number of rotatable bonds is 4. The maximum Gasteiger partial charge on any atom is 0.344 e. The molecule has 1 saturated carbocycles. The lowest BCUT2D eigenvalue weighted by Gasteiger charge is -2.21. The second-order valence-electron chi connectivity index (χ2n) is 4.85. The second-order valence-corrected chi connectivity index (χ2v) is 4.85. The fraction of sp³-hybridized carbons (Fsp3) is 0.533. The molecule has 1 aromatic rings. The summed E-state index contributed by atoms with van der Waals surface area (Å²) in [6, 6.07) is 7.65. The maximum atomic E-state index is 11.6. The van der Waals surface area contributed by atoms with Gasteiger partial charge in [0.15, 0.2) is 6.61 Å².